The molecular weight excluding hydrogens is 416 g/mol. The van der Waals surface area contributed by atoms with Crippen LogP contribution in [-0.4, -0.2) is 24.9 Å². The van der Waals surface area contributed by atoms with E-state index in [4.69, 9.17) is 0 Å². The van der Waals surface area contributed by atoms with Crippen LogP contribution in [0.2, 0.25) is 0 Å². The van der Waals surface area contributed by atoms with Crippen molar-refractivity contribution in [2.75, 3.05) is 13.1 Å². The summed E-state index contributed by atoms with van der Waals surface area (Å²) in [5, 5.41) is 7.77. The summed E-state index contributed by atoms with van der Waals surface area (Å²) in [4.78, 5) is 24.7. The van der Waals surface area contributed by atoms with E-state index in [-0.39, 0.29) is 11.8 Å². The standard InChI is InChI=1S/C23H23BrN2O2/c1-2-11-25-23(28)26-12-10-18-14-19(22(27)16-6-4-3-5-7-16)13-17-8-9-20(24)15-21(17)18/h3-9,13-15H,2,10-12H2,1H3,(H2,25,26,28). The third-order valence-electron chi connectivity index (χ3n) is 4.52. The summed E-state index contributed by atoms with van der Waals surface area (Å²) >= 11 is 3.52. The van der Waals surface area contributed by atoms with Crippen molar-refractivity contribution in [2.24, 2.45) is 0 Å². The number of benzene rings is 3. The molecule has 4 nitrogen and oxygen atoms in total. The summed E-state index contributed by atoms with van der Waals surface area (Å²) in [6.07, 6.45) is 1.54. The molecule has 0 aliphatic rings. The second kappa shape index (κ2) is 9.51. The second-order valence-corrected chi connectivity index (χ2v) is 7.54. The zero-order valence-electron chi connectivity index (χ0n) is 15.8. The lowest BCUT2D eigenvalue weighted by molar-refractivity contribution is 0.103. The Bertz CT molecular complexity index is 987. The molecule has 28 heavy (non-hydrogen) atoms. The molecule has 2 amide bonds. The normalized spacial score (nSPS) is 10.6. The smallest absolute Gasteiger partial charge is 0.314 e. The van der Waals surface area contributed by atoms with Gasteiger partial charge in [0, 0.05) is 28.7 Å². The van der Waals surface area contributed by atoms with Crippen LogP contribution in [0.5, 0.6) is 0 Å². The maximum absolute atomic E-state index is 12.9. The van der Waals surface area contributed by atoms with Gasteiger partial charge in [-0.25, -0.2) is 4.79 Å². The molecule has 144 valence electrons. The van der Waals surface area contributed by atoms with Crippen LogP contribution in [0.15, 0.2) is 65.1 Å². The van der Waals surface area contributed by atoms with Crippen LogP contribution in [0.25, 0.3) is 10.8 Å². The Hall–Kier alpha value is -2.66. The fraction of sp³-hybridized carbons (Fsp3) is 0.217. The third-order valence-corrected chi connectivity index (χ3v) is 5.01. The number of carbonyl (C=O) groups excluding carboxylic acids is 2. The van der Waals surface area contributed by atoms with Crippen LogP contribution >= 0.6 is 15.9 Å². The second-order valence-electron chi connectivity index (χ2n) is 6.63. The predicted octanol–water partition coefficient (Wildman–Crippen LogP) is 5.09. The monoisotopic (exact) mass is 438 g/mol. The first-order valence-electron chi connectivity index (χ1n) is 9.42. The Morgan fingerprint density at radius 3 is 2.39 bits per heavy atom. The van der Waals surface area contributed by atoms with Gasteiger partial charge < -0.3 is 10.6 Å². The van der Waals surface area contributed by atoms with E-state index in [2.05, 4.69) is 32.6 Å². The largest absolute Gasteiger partial charge is 0.338 e. The van der Waals surface area contributed by atoms with E-state index < -0.39 is 0 Å². The summed E-state index contributed by atoms with van der Waals surface area (Å²) in [6.45, 7) is 3.17. The minimum atomic E-state index is -0.163. The molecule has 5 heteroatoms. The molecule has 3 aromatic rings. The van der Waals surface area contributed by atoms with Crippen LogP contribution < -0.4 is 10.6 Å². The van der Waals surface area contributed by atoms with Gasteiger partial charge in [0.1, 0.15) is 0 Å². The van der Waals surface area contributed by atoms with Crippen molar-refractivity contribution in [1.29, 1.82) is 0 Å². The van der Waals surface area contributed by atoms with E-state index in [1.165, 1.54) is 0 Å². The summed E-state index contributed by atoms with van der Waals surface area (Å²) in [6, 6.07) is 19.0. The fourth-order valence-electron chi connectivity index (χ4n) is 3.11. The Labute approximate surface area is 173 Å². The average molecular weight is 439 g/mol. The van der Waals surface area contributed by atoms with Crippen molar-refractivity contribution in [3.8, 4) is 0 Å². The van der Waals surface area contributed by atoms with Crippen molar-refractivity contribution in [2.45, 2.75) is 19.8 Å². The SMILES string of the molecule is CCCNC(=O)NCCc1cc(C(=O)c2ccccc2)cc2ccc(Br)cc12. The van der Waals surface area contributed by atoms with Gasteiger partial charge in [0.15, 0.2) is 5.78 Å². The zero-order chi connectivity index (χ0) is 19.9. The number of halogens is 1. The van der Waals surface area contributed by atoms with Gasteiger partial charge in [-0.3, -0.25) is 4.79 Å². The molecule has 3 aromatic carbocycles. The molecule has 0 radical (unpaired) electrons. The van der Waals surface area contributed by atoms with E-state index in [9.17, 15) is 9.59 Å². The van der Waals surface area contributed by atoms with Crippen molar-refractivity contribution in [3.63, 3.8) is 0 Å². The first-order valence-corrected chi connectivity index (χ1v) is 10.2. The van der Waals surface area contributed by atoms with E-state index in [0.29, 0.717) is 30.6 Å². The van der Waals surface area contributed by atoms with Crippen LogP contribution in [0.4, 0.5) is 4.79 Å². The lowest BCUT2D eigenvalue weighted by Crippen LogP contribution is -2.36. The Kier molecular flexibility index (Phi) is 6.82. The van der Waals surface area contributed by atoms with Crippen molar-refractivity contribution >= 4 is 38.5 Å². The summed E-state index contributed by atoms with van der Waals surface area (Å²) in [5.41, 5.74) is 2.36. The fourth-order valence-corrected chi connectivity index (χ4v) is 3.47. The minimum absolute atomic E-state index is 0.000293. The number of carbonyl (C=O) groups is 2. The van der Waals surface area contributed by atoms with Gasteiger partial charge in [0.25, 0.3) is 0 Å². The number of ketones is 1. The highest BCUT2D eigenvalue weighted by atomic mass is 79.9. The highest BCUT2D eigenvalue weighted by Gasteiger charge is 2.13. The van der Waals surface area contributed by atoms with E-state index in [1.807, 2.05) is 61.5 Å². The minimum Gasteiger partial charge on any atom is -0.338 e. The number of rotatable bonds is 7. The lowest BCUT2D eigenvalue weighted by atomic mass is 9.95. The Morgan fingerprint density at radius 2 is 1.64 bits per heavy atom. The molecule has 3 rings (SSSR count). The molecule has 0 spiro atoms. The number of hydrogen-bond acceptors (Lipinski definition) is 2. The molecule has 2 N–H and O–H groups in total. The van der Waals surface area contributed by atoms with Gasteiger partial charge in [-0.2, -0.15) is 0 Å². The quantitative estimate of drug-likeness (QED) is 0.504. The van der Waals surface area contributed by atoms with Gasteiger partial charge >= 0.3 is 6.03 Å². The van der Waals surface area contributed by atoms with Gasteiger partial charge in [-0.05, 0) is 53.4 Å². The summed E-state index contributed by atoms with van der Waals surface area (Å²) in [5.74, 6) is 0.000293. The molecule has 0 fully saturated rings. The highest BCUT2D eigenvalue weighted by molar-refractivity contribution is 9.10. The summed E-state index contributed by atoms with van der Waals surface area (Å²) < 4.78 is 0.983. The number of urea groups is 1. The molecule has 0 atom stereocenters. The predicted molar refractivity (Wildman–Crippen MR) is 117 cm³/mol. The van der Waals surface area contributed by atoms with Crippen LogP contribution in [-0.2, 0) is 6.42 Å². The summed E-state index contributed by atoms with van der Waals surface area (Å²) in [7, 11) is 0. The molecule has 0 bridgehead atoms. The number of fused-ring (bicyclic) bond motifs is 1. The highest BCUT2D eigenvalue weighted by Crippen LogP contribution is 2.26. The van der Waals surface area contributed by atoms with E-state index >= 15 is 0 Å². The van der Waals surface area contributed by atoms with Crippen LogP contribution in [0.3, 0.4) is 0 Å². The lowest BCUT2D eigenvalue weighted by Gasteiger charge is -2.12. The van der Waals surface area contributed by atoms with E-state index in [0.717, 1.165) is 27.2 Å². The number of hydrogen-bond donors (Lipinski definition) is 2. The number of amides is 2. The van der Waals surface area contributed by atoms with Gasteiger partial charge in [0.05, 0.1) is 0 Å². The van der Waals surface area contributed by atoms with Gasteiger partial charge in [-0.1, -0.05) is 59.3 Å². The van der Waals surface area contributed by atoms with Gasteiger partial charge in [0.2, 0.25) is 0 Å². The third kappa shape index (κ3) is 4.98. The van der Waals surface area contributed by atoms with Crippen molar-refractivity contribution in [3.05, 3.63) is 81.8 Å². The van der Waals surface area contributed by atoms with E-state index in [1.54, 1.807) is 0 Å². The Balaban J connectivity index is 1.87. The molecular formula is C23H23BrN2O2. The zero-order valence-corrected chi connectivity index (χ0v) is 17.4. The number of nitrogens with one attached hydrogen (secondary N) is 2. The topological polar surface area (TPSA) is 58.2 Å². The molecule has 0 saturated heterocycles. The average Bonchev–Trinajstić information content (AvgIpc) is 2.72. The molecule has 0 heterocycles. The first-order chi connectivity index (χ1) is 13.6. The Morgan fingerprint density at radius 1 is 0.893 bits per heavy atom. The molecule has 0 unspecified atom stereocenters. The van der Waals surface area contributed by atoms with Crippen molar-refractivity contribution < 1.29 is 9.59 Å². The maximum Gasteiger partial charge on any atom is 0.314 e. The maximum atomic E-state index is 12.9. The molecule has 0 saturated carbocycles. The van der Waals surface area contributed by atoms with Crippen molar-refractivity contribution in [1.82, 2.24) is 10.6 Å². The molecule has 0 aliphatic carbocycles. The molecule has 0 aromatic heterocycles. The van der Waals surface area contributed by atoms with Gasteiger partial charge in [-0.15, -0.1) is 0 Å². The van der Waals surface area contributed by atoms with Crippen LogP contribution in [0, 0.1) is 0 Å². The van der Waals surface area contributed by atoms with Crippen LogP contribution in [0.1, 0.15) is 34.8 Å². The molecule has 0 aliphatic heterocycles. The first kappa shape index (κ1) is 20.1.